The molecular formula is C16H28N2O. The van der Waals surface area contributed by atoms with Crippen molar-refractivity contribution in [3.8, 4) is 0 Å². The Morgan fingerprint density at radius 3 is 2.11 bits per heavy atom. The molecule has 4 aliphatic rings. The number of nitrogens with one attached hydrogen (secondary N) is 1. The van der Waals surface area contributed by atoms with E-state index in [9.17, 15) is 4.79 Å². The number of amides is 1. The van der Waals surface area contributed by atoms with Crippen LogP contribution < -0.4 is 5.32 Å². The van der Waals surface area contributed by atoms with Gasteiger partial charge < -0.3 is 10.2 Å². The first-order valence-corrected chi connectivity index (χ1v) is 8.01. The number of likely N-dealkylation sites (tertiary alicyclic amines) is 1. The highest BCUT2D eigenvalue weighted by Gasteiger charge is 2.47. The third-order valence-electron chi connectivity index (χ3n) is 6.10. The molecule has 3 saturated carbocycles. The van der Waals surface area contributed by atoms with Gasteiger partial charge in [-0.25, -0.2) is 0 Å². The number of hydrogen-bond acceptors (Lipinski definition) is 2. The Hall–Kier alpha value is -0.570. The molecule has 0 aromatic carbocycles. The van der Waals surface area contributed by atoms with Crippen LogP contribution in [0.15, 0.2) is 0 Å². The summed E-state index contributed by atoms with van der Waals surface area (Å²) in [5.41, 5.74) is 0.748. The molecule has 3 aliphatic carbocycles. The Morgan fingerprint density at radius 1 is 1.05 bits per heavy atom. The Kier molecular flexibility index (Phi) is 3.36. The third-order valence-corrected chi connectivity index (χ3v) is 6.10. The summed E-state index contributed by atoms with van der Waals surface area (Å²) in [5.74, 6) is 0.611. The van der Waals surface area contributed by atoms with Gasteiger partial charge >= 0.3 is 0 Å². The lowest BCUT2D eigenvalue weighted by molar-refractivity contribution is -0.130. The molecular weight excluding hydrogens is 236 g/mol. The van der Waals surface area contributed by atoms with E-state index in [0.717, 1.165) is 25.9 Å². The molecule has 0 aromatic heterocycles. The molecule has 108 valence electrons. The van der Waals surface area contributed by atoms with E-state index in [1.165, 1.54) is 38.5 Å². The van der Waals surface area contributed by atoms with Crippen LogP contribution in [0.3, 0.4) is 0 Å². The highest BCUT2D eigenvalue weighted by molar-refractivity contribution is 5.79. The maximum absolute atomic E-state index is 12.5. The Labute approximate surface area is 117 Å². The average Bonchev–Trinajstić information content (AvgIpc) is 2.41. The SMILES string of the molecule is CN1CCC(C(=O)NC23CCC(C)(CC2)CC3)CC1. The van der Waals surface area contributed by atoms with Crippen molar-refractivity contribution in [3.63, 3.8) is 0 Å². The van der Waals surface area contributed by atoms with Gasteiger partial charge in [0.05, 0.1) is 0 Å². The van der Waals surface area contributed by atoms with Gasteiger partial charge in [0.1, 0.15) is 0 Å². The second-order valence-electron chi connectivity index (χ2n) is 7.66. The lowest BCUT2D eigenvalue weighted by Crippen LogP contribution is -2.57. The minimum Gasteiger partial charge on any atom is -0.350 e. The molecule has 19 heavy (non-hydrogen) atoms. The summed E-state index contributed by atoms with van der Waals surface area (Å²) < 4.78 is 0. The quantitative estimate of drug-likeness (QED) is 0.831. The van der Waals surface area contributed by atoms with Crippen molar-refractivity contribution in [2.45, 2.75) is 63.8 Å². The zero-order chi connectivity index (χ0) is 13.5. The van der Waals surface area contributed by atoms with Crippen LogP contribution in [0.25, 0.3) is 0 Å². The van der Waals surface area contributed by atoms with Crippen molar-refractivity contribution in [1.29, 1.82) is 0 Å². The first-order valence-electron chi connectivity index (χ1n) is 8.01. The molecule has 0 aromatic rings. The van der Waals surface area contributed by atoms with Crippen molar-refractivity contribution in [2.75, 3.05) is 20.1 Å². The highest BCUT2D eigenvalue weighted by Crippen LogP contribution is 2.52. The van der Waals surface area contributed by atoms with Gasteiger partial charge in [0, 0.05) is 11.5 Å². The highest BCUT2D eigenvalue weighted by atomic mass is 16.2. The topological polar surface area (TPSA) is 32.3 Å². The van der Waals surface area contributed by atoms with Crippen LogP contribution in [0.1, 0.15) is 58.3 Å². The Morgan fingerprint density at radius 2 is 1.58 bits per heavy atom. The van der Waals surface area contributed by atoms with Crippen LogP contribution >= 0.6 is 0 Å². The fourth-order valence-corrected chi connectivity index (χ4v) is 4.19. The van der Waals surface area contributed by atoms with Crippen LogP contribution in [-0.2, 0) is 4.79 Å². The van der Waals surface area contributed by atoms with Crippen molar-refractivity contribution < 1.29 is 4.79 Å². The predicted octanol–water partition coefficient (Wildman–Crippen LogP) is 2.56. The van der Waals surface area contributed by atoms with Crippen molar-refractivity contribution >= 4 is 5.91 Å². The first-order chi connectivity index (χ1) is 9.00. The number of carbonyl (C=O) groups excluding carboxylic acids is 1. The average molecular weight is 264 g/mol. The standard InChI is InChI=1S/C16H28N2O/c1-15-5-8-16(9-6-15,10-7-15)17-14(19)13-3-11-18(2)12-4-13/h13H,3-12H2,1-2H3,(H,17,19). The third kappa shape index (κ3) is 2.67. The van der Waals surface area contributed by atoms with Crippen LogP contribution in [0.2, 0.25) is 0 Å². The molecule has 4 rings (SSSR count). The first kappa shape index (κ1) is 13.4. The van der Waals surface area contributed by atoms with Crippen LogP contribution in [0.5, 0.6) is 0 Å². The van der Waals surface area contributed by atoms with E-state index in [1.54, 1.807) is 0 Å². The number of piperidine rings is 1. The molecule has 4 fully saturated rings. The van der Waals surface area contributed by atoms with E-state index in [-0.39, 0.29) is 11.5 Å². The zero-order valence-electron chi connectivity index (χ0n) is 12.5. The molecule has 1 N–H and O–H groups in total. The molecule has 0 radical (unpaired) electrons. The number of carbonyl (C=O) groups is 1. The van der Waals surface area contributed by atoms with Crippen molar-refractivity contribution in [3.05, 3.63) is 0 Å². The molecule has 2 bridgehead atoms. The molecule has 1 amide bonds. The molecule has 0 atom stereocenters. The fraction of sp³-hybridized carbons (Fsp3) is 0.938. The summed E-state index contributed by atoms with van der Waals surface area (Å²) in [6, 6.07) is 0. The van der Waals surface area contributed by atoms with Crippen LogP contribution in [0, 0.1) is 11.3 Å². The summed E-state index contributed by atoms with van der Waals surface area (Å²) in [5, 5.41) is 3.46. The molecule has 3 heteroatoms. The zero-order valence-corrected chi connectivity index (χ0v) is 12.5. The van der Waals surface area contributed by atoms with E-state index in [4.69, 9.17) is 0 Å². The number of rotatable bonds is 2. The maximum atomic E-state index is 12.5. The molecule has 0 spiro atoms. The summed E-state index contributed by atoms with van der Waals surface area (Å²) in [7, 11) is 2.15. The Bertz CT molecular complexity index is 333. The summed E-state index contributed by atoms with van der Waals surface area (Å²) in [6.45, 7) is 4.57. The van der Waals surface area contributed by atoms with Gasteiger partial charge in [-0.3, -0.25) is 4.79 Å². The lowest BCUT2D eigenvalue weighted by atomic mass is 9.58. The van der Waals surface area contributed by atoms with Crippen molar-refractivity contribution in [1.82, 2.24) is 10.2 Å². The molecule has 3 nitrogen and oxygen atoms in total. The van der Waals surface area contributed by atoms with Crippen LogP contribution in [-0.4, -0.2) is 36.5 Å². The van der Waals surface area contributed by atoms with Gasteiger partial charge in [-0.1, -0.05) is 6.92 Å². The lowest BCUT2D eigenvalue weighted by Gasteiger charge is -2.52. The monoisotopic (exact) mass is 264 g/mol. The molecule has 1 heterocycles. The van der Waals surface area contributed by atoms with Gasteiger partial charge in [0.15, 0.2) is 0 Å². The minimum atomic E-state index is 0.165. The molecule has 1 saturated heterocycles. The Balaban J connectivity index is 1.58. The smallest absolute Gasteiger partial charge is 0.223 e. The normalized spacial score (nSPS) is 40.3. The van der Waals surface area contributed by atoms with E-state index < -0.39 is 0 Å². The van der Waals surface area contributed by atoms with E-state index in [1.807, 2.05) is 0 Å². The van der Waals surface area contributed by atoms with E-state index in [2.05, 4.69) is 24.2 Å². The molecule has 0 unspecified atom stereocenters. The van der Waals surface area contributed by atoms with Crippen LogP contribution in [0.4, 0.5) is 0 Å². The van der Waals surface area contributed by atoms with E-state index >= 15 is 0 Å². The number of hydrogen-bond donors (Lipinski definition) is 1. The summed E-state index contributed by atoms with van der Waals surface area (Å²) >= 11 is 0. The largest absolute Gasteiger partial charge is 0.350 e. The predicted molar refractivity (Wildman–Crippen MR) is 76.9 cm³/mol. The van der Waals surface area contributed by atoms with Gasteiger partial charge in [-0.05, 0) is 76.9 Å². The summed E-state index contributed by atoms with van der Waals surface area (Å²) in [4.78, 5) is 14.8. The number of fused-ring (bicyclic) bond motifs is 3. The van der Waals surface area contributed by atoms with Gasteiger partial charge in [-0.15, -0.1) is 0 Å². The number of nitrogens with zero attached hydrogens (tertiary/aromatic N) is 1. The maximum Gasteiger partial charge on any atom is 0.223 e. The van der Waals surface area contributed by atoms with Gasteiger partial charge in [0.25, 0.3) is 0 Å². The van der Waals surface area contributed by atoms with Gasteiger partial charge in [0.2, 0.25) is 5.91 Å². The van der Waals surface area contributed by atoms with Gasteiger partial charge in [-0.2, -0.15) is 0 Å². The second kappa shape index (κ2) is 4.76. The minimum absolute atomic E-state index is 0.165. The summed E-state index contributed by atoms with van der Waals surface area (Å²) in [6.07, 6.45) is 9.62. The fourth-order valence-electron chi connectivity index (χ4n) is 4.19. The second-order valence-corrected chi connectivity index (χ2v) is 7.66. The van der Waals surface area contributed by atoms with E-state index in [0.29, 0.717) is 11.3 Å². The molecule has 1 aliphatic heterocycles. The van der Waals surface area contributed by atoms with Crippen molar-refractivity contribution in [2.24, 2.45) is 11.3 Å².